The minimum absolute atomic E-state index is 0.0133. The Morgan fingerprint density at radius 1 is 1.55 bits per heavy atom. The summed E-state index contributed by atoms with van der Waals surface area (Å²) in [5, 5.41) is 0.648. The van der Waals surface area contributed by atoms with E-state index in [1.807, 2.05) is 0 Å². The summed E-state index contributed by atoms with van der Waals surface area (Å²) in [6.07, 6.45) is 0. The van der Waals surface area contributed by atoms with E-state index in [0.717, 1.165) is 0 Å². The Bertz CT molecular complexity index is 250. The van der Waals surface area contributed by atoms with E-state index in [4.69, 9.17) is 0 Å². The van der Waals surface area contributed by atoms with Crippen molar-refractivity contribution in [1.82, 2.24) is 0 Å². The molecule has 0 aromatic heterocycles. The number of alkyl halides is 3. The van der Waals surface area contributed by atoms with Crippen LogP contribution in [0.1, 0.15) is 0 Å². The van der Waals surface area contributed by atoms with E-state index in [-0.39, 0.29) is 20.7 Å². The van der Waals surface area contributed by atoms with Gasteiger partial charge in [-0.05, 0) is 0 Å². The largest absolute Gasteiger partial charge is 0.229 e. The van der Waals surface area contributed by atoms with Gasteiger partial charge in [0.1, 0.15) is 0 Å². The van der Waals surface area contributed by atoms with Crippen LogP contribution >= 0.6 is 47.8 Å². The van der Waals surface area contributed by atoms with Gasteiger partial charge in [0.15, 0.2) is 9.84 Å². The van der Waals surface area contributed by atoms with Crippen LogP contribution in [0, 0.1) is 0 Å². The second-order valence-corrected chi connectivity index (χ2v) is 8.04. The second kappa shape index (κ2) is 3.27. The van der Waals surface area contributed by atoms with E-state index < -0.39 is 9.84 Å². The molecule has 2 nitrogen and oxygen atoms in total. The summed E-state index contributed by atoms with van der Waals surface area (Å²) in [5.41, 5.74) is 0. The fraction of sp³-hybridized carbons (Fsp3) is 1.00. The molecule has 0 amide bonds. The molecule has 0 aromatic carbocycles. The first-order valence-corrected chi connectivity index (χ1v) is 7.64. The van der Waals surface area contributed by atoms with Crippen LogP contribution in [0.15, 0.2) is 0 Å². The van der Waals surface area contributed by atoms with Crippen LogP contribution in [0.4, 0.5) is 0 Å². The highest BCUT2D eigenvalue weighted by molar-refractivity contribution is 9.14. The molecule has 0 bridgehead atoms. The van der Waals surface area contributed by atoms with E-state index in [1.54, 1.807) is 0 Å². The zero-order chi connectivity index (χ0) is 8.70. The molecule has 0 aromatic rings. The van der Waals surface area contributed by atoms with Crippen LogP contribution in [0.5, 0.6) is 0 Å². The third-order valence-electron chi connectivity index (χ3n) is 1.64. The molecule has 1 aliphatic rings. The molecule has 0 radical (unpaired) electrons. The Kier molecular flexibility index (Phi) is 3.11. The zero-order valence-corrected chi connectivity index (χ0v) is 11.1. The van der Waals surface area contributed by atoms with Crippen LogP contribution < -0.4 is 0 Å². The molecule has 2 atom stereocenters. The summed E-state index contributed by atoms with van der Waals surface area (Å²) in [7, 11) is -2.84. The summed E-state index contributed by atoms with van der Waals surface area (Å²) < 4.78 is 22.0. The highest BCUT2D eigenvalue weighted by Gasteiger charge is 2.46. The maximum absolute atomic E-state index is 11.1. The number of halogens is 3. The van der Waals surface area contributed by atoms with Gasteiger partial charge in [-0.2, -0.15) is 0 Å². The second-order valence-electron chi connectivity index (χ2n) is 2.69. The van der Waals surface area contributed by atoms with Crippen LogP contribution in [0.25, 0.3) is 0 Å². The Morgan fingerprint density at radius 3 is 2.27 bits per heavy atom. The minimum Gasteiger partial charge on any atom is -0.229 e. The van der Waals surface area contributed by atoms with Gasteiger partial charge in [0.25, 0.3) is 0 Å². The van der Waals surface area contributed by atoms with Gasteiger partial charge >= 0.3 is 0 Å². The van der Waals surface area contributed by atoms with Crippen molar-refractivity contribution in [3.8, 4) is 0 Å². The monoisotopic (exact) mass is 368 g/mol. The van der Waals surface area contributed by atoms with E-state index in [0.29, 0.717) is 5.33 Å². The third kappa shape index (κ3) is 2.19. The van der Waals surface area contributed by atoms with Crippen molar-refractivity contribution in [2.75, 3.05) is 16.8 Å². The molecule has 1 rings (SSSR count). The summed E-state index contributed by atoms with van der Waals surface area (Å²) in [5.74, 6) is 0.436. The standard InChI is InChI=1S/C5H7Br3O2S/c6-2-5(8)3-11(9,10)1-4(5)7/h4H,1-3H2/t4-,5-/m0/s1. The Labute approximate surface area is 91.4 Å². The molecular formula is C5H7Br3O2S. The van der Waals surface area contributed by atoms with E-state index in [1.165, 1.54) is 0 Å². The van der Waals surface area contributed by atoms with Gasteiger partial charge in [-0.25, -0.2) is 8.42 Å². The number of rotatable bonds is 1. The number of hydrogen-bond donors (Lipinski definition) is 0. The SMILES string of the molecule is O=S1(=O)C[C@H](Br)[C@](Br)(CBr)C1. The molecule has 1 fully saturated rings. The lowest BCUT2D eigenvalue weighted by Crippen LogP contribution is -2.32. The van der Waals surface area contributed by atoms with Crippen molar-refractivity contribution >= 4 is 57.6 Å². The van der Waals surface area contributed by atoms with Gasteiger partial charge in [0.05, 0.1) is 15.8 Å². The number of sulfone groups is 1. The van der Waals surface area contributed by atoms with Crippen molar-refractivity contribution in [2.45, 2.75) is 9.15 Å². The average Bonchev–Trinajstić information content (AvgIpc) is 2.03. The smallest absolute Gasteiger partial charge is 0.152 e. The highest BCUT2D eigenvalue weighted by Crippen LogP contribution is 2.38. The molecule has 1 aliphatic heterocycles. The van der Waals surface area contributed by atoms with Crippen molar-refractivity contribution < 1.29 is 8.42 Å². The lowest BCUT2D eigenvalue weighted by Gasteiger charge is -2.19. The maximum Gasteiger partial charge on any atom is 0.152 e. The van der Waals surface area contributed by atoms with E-state index in [2.05, 4.69) is 47.8 Å². The lowest BCUT2D eigenvalue weighted by molar-refractivity contribution is 0.601. The molecule has 0 N–H and O–H groups in total. The molecule has 1 saturated heterocycles. The predicted molar refractivity (Wildman–Crippen MR) is 56.8 cm³/mol. The molecule has 1 heterocycles. The summed E-state index contributed by atoms with van der Waals surface area (Å²) >= 11 is 10.0. The van der Waals surface area contributed by atoms with Gasteiger partial charge in [0, 0.05) is 10.2 Å². The molecule has 6 heteroatoms. The van der Waals surface area contributed by atoms with Gasteiger partial charge in [-0.1, -0.05) is 47.8 Å². The highest BCUT2D eigenvalue weighted by atomic mass is 79.9. The molecule has 11 heavy (non-hydrogen) atoms. The summed E-state index contributed by atoms with van der Waals surface area (Å²) in [6, 6.07) is 0. The first kappa shape index (κ1) is 10.5. The molecule has 66 valence electrons. The number of hydrogen-bond acceptors (Lipinski definition) is 2. The van der Waals surface area contributed by atoms with Crippen LogP contribution in [0.3, 0.4) is 0 Å². The van der Waals surface area contributed by atoms with Crippen molar-refractivity contribution in [2.24, 2.45) is 0 Å². The van der Waals surface area contributed by atoms with Crippen LogP contribution in [0.2, 0.25) is 0 Å². The topological polar surface area (TPSA) is 34.1 Å². The minimum atomic E-state index is -2.84. The van der Waals surface area contributed by atoms with Crippen molar-refractivity contribution in [3.63, 3.8) is 0 Å². The van der Waals surface area contributed by atoms with E-state index in [9.17, 15) is 8.42 Å². The molecule has 0 unspecified atom stereocenters. The quantitative estimate of drug-likeness (QED) is 0.658. The first-order chi connectivity index (χ1) is 4.90. The Balaban J connectivity index is 2.90. The Hall–Kier alpha value is 1.39. The molecule has 0 saturated carbocycles. The molecular weight excluding hydrogens is 364 g/mol. The zero-order valence-electron chi connectivity index (χ0n) is 5.56. The molecule has 0 spiro atoms. The van der Waals surface area contributed by atoms with Gasteiger partial charge < -0.3 is 0 Å². The van der Waals surface area contributed by atoms with Crippen molar-refractivity contribution in [3.05, 3.63) is 0 Å². The van der Waals surface area contributed by atoms with Crippen molar-refractivity contribution in [1.29, 1.82) is 0 Å². The summed E-state index contributed by atoms with van der Waals surface area (Å²) in [4.78, 5) is 0.0133. The fourth-order valence-electron chi connectivity index (χ4n) is 1.01. The third-order valence-corrected chi connectivity index (χ3v) is 8.92. The predicted octanol–water partition coefficient (Wildman–Crippen LogP) is 1.71. The Morgan fingerprint density at radius 2 is 2.09 bits per heavy atom. The summed E-state index contributed by atoms with van der Waals surface area (Å²) in [6.45, 7) is 0. The maximum atomic E-state index is 11.1. The fourth-order valence-corrected chi connectivity index (χ4v) is 7.38. The van der Waals surface area contributed by atoms with Gasteiger partial charge in [0.2, 0.25) is 0 Å². The normalized spacial score (nSPS) is 42.6. The van der Waals surface area contributed by atoms with Gasteiger partial charge in [-0.3, -0.25) is 0 Å². The van der Waals surface area contributed by atoms with Crippen LogP contribution in [-0.4, -0.2) is 34.4 Å². The first-order valence-electron chi connectivity index (χ1n) is 2.99. The average molecular weight is 371 g/mol. The van der Waals surface area contributed by atoms with Crippen LogP contribution in [-0.2, 0) is 9.84 Å². The lowest BCUT2D eigenvalue weighted by atomic mass is 10.2. The molecule has 0 aliphatic carbocycles. The van der Waals surface area contributed by atoms with Gasteiger partial charge in [-0.15, -0.1) is 0 Å². The van der Waals surface area contributed by atoms with E-state index >= 15 is 0 Å².